The minimum atomic E-state index is -0.117. The summed E-state index contributed by atoms with van der Waals surface area (Å²) in [5.41, 5.74) is 2.59. The molecule has 1 fully saturated rings. The molecule has 140 valence electrons. The van der Waals surface area contributed by atoms with Crippen LogP contribution < -0.4 is 4.74 Å². The number of benzene rings is 2. The number of likely N-dealkylation sites (N-methyl/N-ethyl adjacent to an activating group) is 1. The molecule has 3 rings (SSSR count). The summed E-state index contributed by atoms with van der Waals surface area (Å²) in [4.78, 5) is 19.5. The summed E-state index contributed by atoms with van der Waals surface area (Å²) < 4.78 is 5.13. The highest BCUT2D eigenvalue weighted by Gasteiger charge is 2.32. The highest BCUT2D eigenvalue weighted by atomic mass is 32.2. The lowest BCUT2D eigenvalue weighted by Gasteiger charge is -2.12. The maximum Gasteiger partial charge on any atom is 0.266 e. The van der Waals surface area contributed by atoms with Crippen molar-refractivity contribution in [3.8, 4) is 11.5 Å². The van der Waals surface area contributed by atoms with E-state index in [4.69, 9.17) is 4.74 Å². The summed E-state index contributed by atoms with van der Waals surface area (Å²) in [5.74, 6) is 0.273. The molecule has 0 aliphatic carbocycles. The molecule has 0 saturated carbocycles. The Morgan fingerprint density at radius 1 is 1.19 bits per heavy atom. The molecule has 2 aromatic rings. The van der Waals surface area contributed by atoms with Gasteiger partial charge in [0.1, 0.15) is 0 Å². The van der Waals surface area contributed by atoms with Crippen LogP contribution in [-0.2, 0) is 11.2 Å². The van der Waals surface area contributed by atoms with Crippen LogP contribution in [-0.4, -0.2) is 34.7 Å². The lowest BCUT2D eigenvalue weighted by Crippen LogP contribution is -2.28. The first-order chi connectivity index (χ1) is 13.1. The van der Waals surface area contributed by atoms with E-state index < -0.39 is 0 Å². The fourth-order valence-electron chi connectivity index (χ4n) is 2.75. The van der Waals surface area contributed by atoms with E-state index in [0.717, 1.165) is 12.1 Å². The third-order valence-electron chi connectivity index (χ3n) is 4.31. The van der Waals surface area contributed by atoms with Crippen LogP contribution in [0, 0.1) is 0 Å². The number of ether oxygens (including phenoxy) is 1. The van der Waals surface area contributed by atoms with E-state index >= 15 is 0 Å². The topological polar surface area (TPSA) is 62.1 Å². The molecule has 0 unspecified atom stereocenters. The zero-order valence-corrected chi connectivity index (χ0v) is 16.4. The first-order valence-corrected chi connectivity index (χ1v) is 9.64. The molecule has 0 spiro atoms. The molecular formula is C21H22N2O3S. The predicted octanol–water partition coefficient (Wildman–Crippen LogP) is 4.59. The van der Waals surface area contributed by atoms with Gasteiger partial charge < -0.3 is 9.84 Å². The number of aliphatic imine (C=N–C) groups is 1. The standard InChI is InChI=1S/C21H22N2O3S/c1-4-14-9-11-16(12-10-14)22-21-23(5-2)20(25)18(27-21)13-15-7-6-8-17(26-3)19(15)24/h6-13,24H,4-5H2,1-3H3/b18-13+,22-21?. The quantitative estimate of drug-likeness (QED) is 0.769. The number of nitrogens with zero attached hydrogens (tertiary/aromatic N) is 2. The molecule has 5 nitrogen and oxygen atoms in total. The molecule has 1 amide bonds. The van der Waals surface area contributed by atoms with Gasteiger partial charge in [0.05, 0.1) is 17.7 Å². The maximum atomic E-state index is 12.8. The van der Waals surface area contributed by atoms with Gasteiger partial charge in [0.15, 0.2) is 16.7 Å². The maximum absolute atomic E-state index is 12.8. The second-order valence-electron chi connectivity index (χ2n) is 5.97. The third kappa shape index (κ3) is 4.01. The highest BCUT2D eigenvalue weighted by molar-refractivity contribution is 8.18. The molecule has 0 bridgehead atoms. The smallest absolute Gasteiger partial charge is 0.266 e. The van der Waals surface area contributed by atoms with E-state index in [9.17, 15) is 9.90 Å². The largest absolute Gasteiger partial charge is 0.504 e. The summed E-state index contributed by atoms with van der Waals surface area (Å²) in [6.45, 7) is 4.55. The van der Waals surface area contributed by atoms with Crippen LogP contribution in [0.15, 0.2) is 52.4 Å². The third-order valence-corrected chi connectivity index (χ3v) is 5.32. The fourth-order valence-corrected chi connectivity index (χ4v) is 3.80. The van der Waals surface area contributed by atoms with Gasteiger partial charge in [-0.15, -0.1) is 0 Å². The van der Waals surface area contributed by atoms with Crippen molar-refractivity contribution in [1.82, 2.24) is 4.90 Å². The van der Waals surface area contributed by atoms with E-state index in [2.05, 4.69) is 11.9 Å². The van der Waals surface area contributed by atoms with Gasteiger partial charge >= 0.3 is 0 Å². The van der Waals surface area contributed by atoms with Gasteiger partial charge in [0, 0.05) is 12.1 Å². The molecule has 6 heteroatoms. The number of rotatable bonds is 5. The Bertz CT molecular complexity index is 904. The van der Waals surface area contributed by atoms with Crippen LogP contribution in [0.1, 0.15) is 25.0 Å². The average molecular weight is 382 g/mol. The first kappa shape index (κ1) is 19.0. The molecule has 0 atom stereocenters. The number of thioether (sulfide) groups is 1. The number of phenolic OH excluding ortho intramolecular Hbond substituents is 1. The summed E-state index contributed by atoms with van der Waals surface area (Å²) in [5, 5.41) is 10.9. The zero-order chi connectivity index (χ0) is 19.4. The zero-order valence-electron chi connectivity index (χ0n) is 15.6. The number of carbonyl (C=O) groups is 1. The van der Waals surface area contributed by atoms with Crippen molar-refractivity contribution < 1.29 is 14.6 Å². The van der Waals surface area contributed by atoms with Crippen LogP contribution >= 0.6 is 11.8 Å². The number of amides is 1. The number of para-hydroxylation sites is 1. The van der Waals surface area contributed by atoms with Gasteiger partial charge in [0.25, 0.3) is 5.91 Å². The van der Waals surface area contributed by atoms with Gasteiger partial charge in [-0.25, -0.2) is 4.99 Å². The van der Waals surface area contributed by atoms with Crippen molar-refractivity contribution in [2.75, 3.05) is 13.7 Å². The minimum absolute atomic E-state index is 0.0180. The Kier molecular flexibility index (Phi) is 5.86. The minimum Gasteiger partial charge on any atom is -0.504 e. The molecule has 1 saturated heterocycles. The Morgan fingerprint density at radius 2 is 1.93 bits per heavy atom. The van der Waals surface area contributed by atoms with Crippen molar-refractivity contribution >= 4 is 34.6 Å². The number of aromatic hydroxyl groups is 1. The van der Waals surface area contributed by atoms with Crippen molar-refractivity contribution in [3.63, 3.8) is 0 Å². The number of phenols is 1. The number of methoxy groups -OCH3 is 1. The van der Waals surface area contributed by atoms with E-state index in [1.165, 1.54) is 24.4 Å². The molecule has 1 aliphatic heterocycles. The van der Waals surface area contributed by atoms with Crippen LogP contribution in [0.4, 0.5) is 5.69 Å². The van der Waals surface area contributed by atoms with Crippen molar-refractivity contribution in [3.05, 3.63) is 58.5 Å². The monoisotopic (exact) mass is 382 g/mol. The van der Waals surface area contributed by atoms with Gasteiger partial charge in [-0.2, -0.15) is 0 Å². The van der Waals surface area contributed by atoms with Crippen molar-refractivity contribution in [1.29, 1.82) is 0 Å². The Balaban J connectivity index is 1.93. The summed E-state index contributed by atoms with van der Waals surface area (Å²) in [6, 6.07) is 13.2. The van der Waals surface area contributed by atoms with Crippen LogP contribution in [0.5, 0.6) is 11.5 Å². The molecule has 1 N–H and O–H groups in total. The summed E-state index contributed by atoms with van der Waals surface area (Å²) >= 11 is 1.31. The normalized spacial score (nSPS) is 17.1. The average Bonchev–Trinajstić information content (AvgIpc) is 2.98. The molecule has 27 heavy (non-hydrogen) atoms. The van der Waals surface area contributed by atoms with Gasteiger partial charge in [-0.05, 0) is 54.9 Å². The van der Waals surface area contributed by atoms with Gasteiger partial charge in [-0.3, -0.25) is 9.69 Å². The molecular weight excluding hydrogens is 360 g/mol. The SMILES string of the molecule is CCc1ccc(N=C2S/C(=C/c3cccc(OC)c3O)C(=O)N2CC)cc1. The number of carbonyl (C=O) groups excluding carboxylic acids is 1. The molecule has 2 aromatic carbocycles. The molecule has 0 aromatic heterocycles. The van der Waals surface area contributed by atoms with E-state index in [1.54, 1.807) is 29.2 Å². The summed E-state index contributed by atoms with van der Waals surface area (Å²) in [7, 11) is 1.49. The lowest BCUT2D eigenvalue weighted by molar-refractivity contribution is -0.122. The number of hydrogen-bond acceptors (Lipinski definition) is 5. The van der Waals surface area contributed by atoms with E-state index in [0.29, 0.717) is 27.9 Å². The van der Waals surface area contributed by atoms with Crippen LogP contribution in [0.2, 0.25) is 0 Å². The van der Waals surface area contributed by atoms with Crippen molar-refractivity contribution in [2.24, 2.45) is 4.99 Å². The predicted molar refractivity (Wildman–Crippen MR) is 111 cm³/mol. The van der Waals surface area contributed by atoms with E-state index in [1.807, 2.05) is 31.2 Å². The van der Waals surface area contributed by atoms with Gasteiger partial charge in [-0.1, -0.05) is 31.2 Å². The lowest BCUT2D eigenvalue weighted by atomic mass is 10.1. The second-order valence-corrected chi connectivity index (χ2v) is 6.98. The molecule has 1 aliphatic rings. The van der Waals surface area contributed by atoms with E-state index in [-0.39, 0.29) is 11.7 Å². The Morgan fingerprint density at radius 3 is 2.56 bits per heavy atom. The Labute approximate surface area is 163 Å². The Hall–Kier alpha value is -2.73. The first-order valence-electron chi connectivity index (χ1n) is 8.82. The van der Waals surface area contributed by atoms with Crippen molar-refractivity contribution in [2.45, 2.75) is 20.3 Å². The molecule has 1 heterocycles. The van der Waals surface area contributed by atoms with Crippen LogP contribution in [0.25, 0.3) is 6.08 Å². The molecule has 0 radical (unpaired) electrons. The summed E-state index contributed by atoms with van der Waals surface area (Å²) in [6.07, 6.45) is 2.65. The fraction of sp³-hybridized carbons (Fsp3) is 0.238. The highest BCUT2D eigenvalue weighted by Crippen LogP contribution is 2.37. The second kappa shape index (κ2) is 8.31. The number of aryl methyl sites for hydroxylation is 1. The van der Waals surface area contributed by atoms with Crippen LogP contribution in [0.3, 0.4) is 0 Å². The number of amidine groups is 1. The number of hydrogen-bond donors (Lipinski definition) is 1. The van der Waals surface area contributed by atoms with Gasteiger partial charge in [0.2, 0.25) is 0 Å².